The van der Waals surface area contributed by atoms with Gasteiger partial charge in [-0.05, 0) is 36.4 Å². The highest BCUT2D eigenvalue weighted by Crippen LogP contribution is 2.37. The maximum absolute atomic E-state index is 5.94. The SMILES string of the molecule is c1ccc2c(c1)oc1ccc(-c3nc4cccc5c6ccccc6c3n45)nc12. The Morgan fingerprint density at radius 2 is 1.46 bits per heavy atom. The molecule has 130 valence electrons. The van der Waals surface area contributed by atoms with Crippen LogP contribution in [0.15, 0.2) is 83.3 Å². The van der Waals surface area contributed by atoms with Crippen LogP contribution in [-0.2, 0) is 0 Å². The van der Waals surface area contributed by atoms with Gasteiger partial charge in [-0.3, -0.25) is 4.40 Å². The number of aromatic nitrogens is 3. The average Bonchev–Trinajstić information content (AvgIpc) is 3.41. The molecule has 7 rings (SSSR count). The highest BCUT2D eigenvalue weighted by molar-refractivity contribution is 6.13. The molecule has 0 fully saturated rings. The van der Waals surface area contributed by atoms with Gasteiger partial charge in [0.2, 0.25) is 0 Å². The van der Waals surface area contributed by atoms with Crippen molar-refractivity contribution in [2.24, 2.45) is 0 Å². The first kappa shape index (κ1) is 14.2. The molecule has 5 aromatic heterocycles. The Bertz CT molecular complexity index is 1670. The Hall–Kier alpha value is -3.92. The molecule has 0 bridgehead atoms. The van der Waals surface area contributed by atoms with Gasteiger partial charge in [0, 0.05) is 16.2 Å². The summed E-state index contributed by atoms with van der Waals surface area (Å²) in [7, 11) is 0. The van der Waals surface area contributed by atoms with Gasteiger partial charge in [0.05, 0.1) is 16.7 Å². The second kappa shape index (κ2) is 4.87. The molecule has 0 amide bonds. The van der Waals surface area contributed by atoms with Crippen molar-refractivity contribution in [1.82, 2.24) is 14.4 Å². The standard InChI is InChI=1S/C24H13N3O/c1-2-7-15-14(6-1)18-9-5-11-21-26-23(24(15)27(18)21)17-12-13-20-22(25-17)16-8-3-4-10-19(16)28-20/h1-13H. The van der Waals surface area contributed by atoms with E-state index in [1.165, 1.54) is 16.3 Å². The van der Waals surface area contributed by atoms with E-state index in [9.17, 15) is 0 Å². The Labute approximate surface area is 159 Å². The summed E-state index contributed by atoms with van der Waals surface area (Å²) in [5, 5.41) is 3.47. The number of pyridine rings is 2. The van der Waals surface area contributed by atoms with E-state index >= 15 is 0 Å². The van der Waals surface area contributed by atoms with Crippen molar-refractivity contribution >= 4 is 49.5 Å². The van der Waals surface area contributed by atoms with Crippen LogP contribution in [0.25, 0.3) is 60.9 Å². The van der Waals surface area contributed by atoms with E-state index in [1.807, 2.05) is 42.5 Å². The van der Waals surface area contributed by atoms with E-state index in [0.717, 1.165) is 44.6 Å². The highest BCUT2D eigenvalue weighted by Gasteiger charge is 2.20. The molecule has 2 aromatic carbocycles. The van der Waals surface area contributed by atoms with E-state index in [0.29, 0.717) is 0 Å². The minimum atomic E-state index is 0.797. The largest absolute Gasteiger partial charge is 0.454 e. The van der Waals surface area contributed by atoms with Gasteiger partial charge in [-0.1, -0.05) is 42.5 Å². The van der Waals surface area contributed by atoms with Crippen LogP contribution in [0.5, 0.6) is 0 Å². The first-order valence-corrected chi connectivity index (χ1v) is 9.28. The molecule has 0 aliphatic heterocycles. The Morgan fingerprint density at radius 3 is 2.39 bits per heavy atom. The quantitative estimate of drug-likeness (QED) is 0.359. The van der Waals surface area contributed by atoms with Crippen molar-refractivity contribution in [3.63, 3.8) is 0 Å². The molecule has 0 atom stereocenters. The molecule has 0 unspecified atom stereocenters. The third kappa shape index (κ3) is 1.65. The fraction of sp³-hybridized carbons (Fsp3) is 0. The van der Waals surface area contributed by atoms with E-state index in [2.05, 4.69) is 40.8 Å². The number of nitrogens with zero attached hydrogens (tertiary/aromatic N) is 3. The molecule has 4 nitrogen and oxygen atoms in total. The second-order valence-electron chi connectivity index (χ2n) is 7.10. The van der Waals surface area contributed by atoms with Crippen LogP contribution in [0.1, 0.15) is 0 Å². The zero-order valence-electron chi connectivity index (χ0n) is 14.8. The van der Waals surface area contributed by atoms with Gasteiger partial charge < -0.3 is 4.42 Å². The fourth-order valence-corrected chi connectivity index (χ4v) is 4.37. The van der Waals surface area contributed by atoms with Crippen LogP contribution in [0.3, 0.4) is 0 Å². The van der Waals surface area contributed by atoms with E-state index in [4.69, 9.17) is 14.4 Å². The molecule has 5 heterocycles. The topological polar surface area (TPSA) is 43.3 Å². The molecule has 0 radical (unpaired) electrons. The molecule has 0 saturated carbocycles. The van der Waals surface area contributed by atoms with Crippen LogP contribution < -0.4 is 0 Å². The lowest BCUT2D eigenvalue weighted by molar-refractivity contribution is 0.668. The van der Waals surface area contributed by atoms with Crippen LogP contribution >= 0.6 is 0 Å². The molecule has 0 spiro atoms. The summed E-state index contributed by atoms with van der Waals surface area (Å²) in [5.74, 6) is 0. The minimum Gasteiger partial charge on any atom is -0.454 e. The van der Waals surface area contributed by atoms with Gasteiger partial charge >= 0.3 is 0 Å². The van der Waals surface area contributed by atoms with E-state index < -0.39 is 0 Å². The van der Waals surface area contributed by atoms with Crippen molar-refractivity contribution in [3.8, 4) is 11.4 Å². The Morgan fingerprint density at radius 1 is 0.643 bits per heavy atom. The molecule has 28 heavy (non-hydrogen) atoms. The van der Waals surface area contributed by atoms with Crippen LogP contribution in [-0.4, -0.2) is 14.4 Å². The molecule has 0 aliphatic rings. The fourth-order valence-electron chi connectivity index (χ4n) is 4.37. The summed E-state index contributed by atoms with van der Waals surface area (Å²) in [4.78, 5) is 9.90. The van der Waals surface area contributed by atoms with E-state index in [-0.39, 0.29) is 0 Å². The van der Waals surface area contributed by atoms with Crippen molar-refractivity contribution in [1.29, 1.82) is 0 Å². The zero-order valence-corrected chi connectivity index (χ0v) is 14.8. The Kier molecular flexibility index (Phi) is 2.46. The molecule has 0 saturated heterocycles. The van der Waals surface area contributed by atoms with E-state index in [1.54, 1.807) is 0 Å². The van der Waals surface area contributed by atoms with Crippen molar-refractivity contribution in [3.05, 3.63) is 78.9 Å². The lowest BCUT2D eigenvalue weighted by atomic mass is 10.1. The summed E-state index contributed by atoms with van der Waals surface area (Å²) in [6.07, 6.45) is 0. The van der Waals surface area contributed by atoms with Gasteiger partial charge in [-0.25, -0.2) is 9.97 Å². The third-order valence-electron chi connectivity index (χ3n) is 5.56. The van der Waals surface area contributed by atoms with Crippen LogP contribution in [0, 0.1) is 0 Å². The van der Waals surface area contributed by atoms with Gasteiger partial charge in [0.25, 0.3) is 0 Å². The van der Waals surface area contributed by atoms with Crippen LogP contribution in [0.4, 0.5) is 0 Å². The summed E-state index contributed by atoms with van der Waals surface area (Å²) >= 11 is 0. The number of hydrogen-bond acceptors (Lipinski definition) is 3. The van der Waals surface area contributed by atoms with Crippen LogP contribution in [0.2, 0.25) is 0 Å². The third-order valence-corrected chi connectivity index (χ3v) is 5.56. The number of rotatable bonds is 1. The maximum atomic E-state index is 5.94. The molecule has 7 aromatic rings. The monoisotopic (exact) mass is 359 g/mol. The summed E-state index contributed by atoms with van der Waals surface area (Å²) in [6, 6.07) is 26.8. The highest BCUT2D eigenvalue weighted by atomic mass is 16.3. The maximum Gasteiger partial charge on any atom is 0.153 e. The van der Waals surface area contributed by atoms with Crippen molar-refractivity contribution < 1.29 is 4.42 Å². The molecular formula is C24H13N3O. The van der Waals surface area contributed by atoms with Gasteiger partial charge in [-0.2, -0.15) is 0 Å². The van der Waals surface area contributed by atoms with Gasteiger partial charge in [0.15, 0.2) is 5.58 Å². The summed E-state index contributed by atoms with van der Waals surface area (Å²) in [6.45, 7) is 0. The normalized spacial score (nSPS) is 12.3. The molecule has 0 N–H and O–H groups in total. The number of furan rings is 1. The average molecular weight is 359 g/mol. The summed E-state index contributed by atoms with van der Waals surface area (Å²) in [5.41, 5.74) is 7.53. The number of hydrogen-bond donors (Lipinski definition) is 0. The number of benzene rings is 2. The number of fused-ring (bicyclic) bond motifs is 6. The minimum absolute atomic E-state index is 0.797. The van der Waals surface area contributed by atoms with Crippen molar-refractivity contribution in [2.75, 3.05) is 0 Å². The summed E-state index contributed by atoms with van der Waals surface area (Å²) < 4.78 is 8.17. The smallest absolute Gasteiger partial charge is 0.153 e. The number of para-hydroxylation sites is 1. The van der Waals surface area contributed by atoms with Gasteiger partial charge in [0.1, 0.15) is 22.4 Å². The van der Waals surface area contributed by atoms with Gasteiger partial charge in [-0.15, -0.1) is 0 Å². The second-order valence-corrected chi connectivity index (χ2v) is 7.10. The lowest BCUT2D eigenvalue weighted by Crippen LogP contribution is -1.85. The molecule has 0 aliphatic carbocycles. The first-order chi connectivity index (χ1) is 13.9. The lowest BCUT2D eigenvalue weighted by Gasteiger charge is -1.98. The Balaban J connectivity index is 1.64. The number of imidazole rings is 1. The molecular weight excluding hydrogens is 346 g/mol. The van der Waals surface area contributed by atoms with Crippen molar-refractivity contribution in [2.45, 2.75) is 0 Å². The zero-order chi connectivity index (χ0) is 18.2. The first-order valence-electron chi connectivity index (χ1n) is 9.28. The molecule has 4 heteroatoms. The predicted octanol–water partition coefficient (Wildman–Crippen LogP) is 6.04. The predicted molar refractivity (Wildman–Crippen MR) is 112 cm³/mol.